The van der Waals surface area contributed by atoms with Crippen LogP contribution in [0.5, 0.6) is 0 Å². The second-order valence-corrected chi connectivity index (χ2v) is 21.0. The summed E-state index contributed by atoms with van der Waals surface area (Å²) in [5.74, 6) is 0.764. The summed E-state index contributed by atoms with van der Waals surface area (Å²) in [5.41, 5.74) is 14.4. The van der Waals surface area contributed by atoms with Crippen molar-refractivity contribution >= 4 is 64.6 Å². The molecule has 0 unspecified atom stereocenters. The SMILES string of the molecule is CN=C(C=C(N)CSCc1nn2c(c1-c1c(Cl)ccc3c(CCCO)c(C(=O)OC)n(C)c13)CCCC2)CO[Si](c1ccccc1)(c1ccccc1)C(C)(C)C. The molecule has 0 aliphatic carbocycles. The van der Waals surface area contributed by atoms with Crippen LogP contribution in [0.4, 0.5) is 0 Å². The number of hydrogen-bond acceptors (Lipinski definition) is 8. The predicted molar refractivity (Wildman–Crippen MR) is 234 cm³/mol. The maximum Gasteiger partial charge on any atom is 0.354 e. The van der Waals surface area contributed by atoms with Gasteiger partial charge in [0.25, 0.3) is 8.32 Å². The normalized spacial score (nSPS) is 14.0. The molecule has 0 saturated heterocycles. The summed E-state index contributed by atoms with van der Waals surface area (Å²) in [6.45, 7) is 8.00. The zero-order valence-electron chi connectivity index (χ0n) is 33.4. The molecule has 3 N–H and O–H groups in total. The minimum Gasteiger partial charge on any atom is -0.464 e. The lowest BCUT2D eigenvalue weighted by Crippen LogP contribution is -2.67. The Kier molecular flexibility index (Phi) is 13.3. The molecular formula is C44H54ClN5O4SSi. The number of halogens is 1. The van der Waals surface area contributed by atoms with Crippen molar-refractivity contribution in [1.82, 2.24) is 14.3 Å². The molecule has 0 bridgehead atoms. The van der Waals surface area contributed by atoms with Crippen LogP contribution in [-0.4, -0.2) is 72.6 Å². The number of nitrogens with two attached hydrogens (primary N) is 1. The van der Waals surface area contributed by atoms with Crippen LogP contribution in [0.3, 0.4) is 0 Å². The maximum absolute atomic E-state index is 13.1. The molecule has 0 fully saturated rings. The van der Waals surface area contributed by atoms with E-state index >= 15 is 0 Å². The number of aliphatic hydroxyl groups is 1. The average Bonchev–Trinajstić information content (AvgIpc) is 3.70. The second-order valence-electron chi connectivity index (χ2n) is 15.4. The van der Waals surface area contributed by atoms with Crippen molar-refractivity contribution in [3.63, 3.8) is 0 Å². The Morgan fingerprint density at radius 1 is 1.05 bits per heavy atom. The van der Waals surface area contributed by atoms with Gasteiger partial charge in [-0.2, -0.15) is 5.10 Å². The zero-order valence-corrected chi connectivity index (χ0v) is 36.0. The Bertz CT molecular complexity index is 2190. The number of carbonyl (C=O) groups is 1. The molecule has 0 atom stereocenters. The van der Waals surface area contributed by atoms with Crippen LogP contribution >= 0.6 is 23.4 Å². The van der Waals surface area contributed by atoms with E-state index in [1.54, 1.807) is 18.8 Å². The van der Waals surface area contributed by atoms with Gasteiger partial charge in [0.05, 0.1) is 35.7 Å². The number of aliphatic hydroxyl groups excluding tert-OH is 1. The van der Waals surface area contributed by atoms with Crippen molar-refractivity contribution in [3.8, 4) is 11.1 Å². The number of fused-ring (bicyclic) bond motifs is 2. The lowest BCUT2D eigenvalue weighted by atomic mass is 9.95. The second kappa shape index (κ2) is 18.0. The Labute approximate surface area is 341 Å². The maximum atomic E-state index is 13.1. The molecule has 6 rings (SSSR count). The summed E-state index contributed by atoms with van der Waals surface area (Å²) in [5, 5.41) is 18.6. The molecule has 56 heavy (non-hydrogen) atoms. The van der Waals surface area contributed by atoms with Crippen molar-refractivity contribution in [2.24, 2.45) is 17.8 Å². The van der Waals surface area contributed by atoms with E-state index in [0.717, 1.165) is 70.5 Å². The predicted octanol–water partition coefficient (Wildman–Crippen LogP) is 7.47. The molecule has 0 spiro atoms. The van der Waals surface area contributed by atoms with E-state index in [9.17, 15) is 9.90 Å². The van der Waals surface area contributed by atoms with Gasteiger partial charge in [0.1, 0.15) is 5.69 Å². The quantitative estimate of drug-likeness (QED) is 0.0641. The third-order valence-corrected chi connectivity index (χ3v) is 17.1. The number of carbonyl (C=O) groups excluding carboxylic acids is 1. The van der Waals surface area contributed by atoms with Crippen molar-refractivity contribution in [1.29, 1.82) is 0 Å². The third-order valence-electron chi connectivity index (χ3n) is 10.8. The summed E-state index contributed by atoms with van der Waals surface area (Å²) in [4.78, 5) is 17.8. The van der Waals surface area contributed by atoms with Gasteiger partial charge in [0, 0.05) is 66.7 Å². The molecule has 12 heteroatoms. The molecule has 9 nitrogen and oxygen atoms in total. The Balaban J connectivity index is 1.28. The molecule has 0 radical (unpaired) electrons. The first-order valence-corrected chi connectivity index (χ1v) is 22.7. The van der Waals surface area contributed by atoms with Crippen LogP contribution in [0.25, 0.3) is 22.0 Å². The fraction of sp³-hybridized carbons (Fsp3) is 0.386. The van der Waals surface area contributed by atoms with E-state index in [0.29, 0.717) is 47.4 Å². The number of nitrogens with zero attached hydrogens (tertiary/aromatic N) is 4. The first kappa shape index (κ1) is 41.5. The highest BCUT2D eigenvalue weighted by atomic mass is 35.5. The molecule has 0 amide bonds. The lowest BCUT2D eigenvalue weighted by Gasteiger charge is -2.43. The topological polar surface area (TPSA) is 117 Å². The molecular weight excluding hydrogens is 758 g/mol. The van der Waals surface area contributed by atoms with Crippen LogP contribution in [0.2, 0.25) is 10.1 Å². The molecule has 1 aliphatic rings. The fourth-order valence-corrected chi connectivity index (χ4v) is 13.9. The van der Waals surface area contributed by atoms with Gasteiger partial charge < -0.3 is 24.6 Å². The van der Waals surface area contributed by atoms with E-state index in [1.165, 1.54) is 17.5 Å². The number of methoxy groups -OCH3 is 1. The van der Waals surface area contributed by atoms with Gasteiger partial charge in [0.2, 0.25) is 0 Å². The number of hydrogen-bond donors (Lipinski definition) is 2. The van der Waals surface area contributed by atoms with E-state index in [2.05, 4.69) is 79.0 Å². The number of aliphatic imine (C=N–C) groups is 1. The third kappa shape index (κ3) is 8.15. The molecule has 3 aromatic carbocycles. The van der Waals surface area contributed by atoms with Crippen LogP contribution < -0.4 is 16.1 Å². The fourth-order valence-electron chi connectivity index (χ4n) is 8.27. The Hall–Kier alpha value is -4.13. The van der Waals surface area contributed by atoms with Crippen molar-refractivity contribution in [2.45, 2.75) is 70.2 Å². The lowest BCUT2D eigenvalue weighted by molar-refractivity contribution is 0.0589. The van der Waals surface area contributed by atoms with Gasteiger partial charge in [0.15, 0.2) is 0 Å². The first-order valence-electron chi connectivity index (χ1n) is 19.3. The van der Waals surface area contributed by atoms with Crippen molar-refractivity contribution in [3.05, 3.63) is 112 Å². The monoisotopic (exact) mass is 811 g/mol. The number of ether oxygens (including phenoxy) is 1. The summed E-state index contributed by atoms with van der Waals surface area (Å²) in [6.07, 6.45) is 6.02. The van der Waals surface area contributed by atoms with Crippen molar-refractivity contribution in [2.75, 3.05) is 33.1 Å². The van der Waals surface area contributed by atoms with E-state index < -0.39 is 14.3 Å². The first-order chi connectivity index (χ1) is 27.0. The Morgan fingerprint density at radius 2 is 1.73 bits per heavy atom. The molecule has 5 aromatic rings. The van der Waals surface area contributed by atoms with Crippen LogP contribution in [0.1, 0.15) is 67.5 Å². The highest BCUT2D eigenvalue weighted by Gasteiger charge is 2.50. The smallest absolute Gasteiger partial charge is 0.354 e. The minimum atomic E-state index is -2.75. The molecule has 3 heterocycles. The average molecular weight is 813 g/mol. The van der Waals surface area contributed by atoms with Crippen LogP contribution in [-0.2, 0) is 41.3 Å². The standard InChI is InChI=1S/C44H54ClN5O4SSi/c1-44(2,3)56(32-16-9-7-10-17-32,33-18-11-8-12-19-33)54-27-31(47-4)26-30(46)28-55-29-37-40(38-21-13-14-24-50(38)48-37)39-36(45)23-22-35-34(20-15-25-51)42(43(52)53-6)49(5)41(35)39/h7-12,16-19,22-23,26,51H,13-15,20-21,24-25,27-29,46H2,1-6H3. The summed E-state index contributed by atoms with van der Waals surface area (Å²) < 4.78 is 16.4. The zero-order chi connectivity index (χ0) is 40.0. The molecule has 1 aliphatic heterocycles. The van der Waals surface area contributed by atoms with E-state index in [4.69, 9.17) is 31.6 Å². The summed E-state index contributed by atoms with van der Waals surface area (Å²) in [7, 11) is 2.32. The van der Waals surface area contributed by atoms with Gasteiger partial charge in [-0.05, 0) is 65.2 Å². The number of esters is 1. The largest absolute Gasteiger partial charge is 0.464 e. The van der Waals surface area contributed by atoms with Gasteiger partial charge in [-0.15, -0.1) is 11.8 Å². The van der Waals surface area contributed by atoms with Crippen LogP contribution in [0.15, 0.2) is 89.6 Å². The minimum absolute atomic E-state index is 0.0206. The Morgan fingerprint density at radius 3 is 2.34 bits per heavy atom. The van der Waals surface area contributed by atoms with Gasteiger partial charge >= 0.3 is 5.97 Å². The van der Waals surface area contributed by atoms with E-state index in [1.807, 2.05) is 42.0 Å². The molecule has 2 aromatic heterocycles. The van der Waals surface area contributed by atoms with Crippen LogP contribution in [0, 0.1) is 0 Å². The van der Waals surface area contributed by atoms with Gasteiger partial charge in [-0.3, -0.25) is 9.67 Å². The number of aromatic nitrogens is 3. The highest BCUT2D eigenvalue weighted by molar-refractivity contribution is 7.98. The summed E-state index contributed by atoms with van der Waals surface area (Å²) >= 11 is 8.82. The highest BCUT2D eigenvalue weighted by Crippen LogP contribution is 2.44. The summed E-state index contributed by atoms with van der Waals surface area (Å²) in [6, 6.07) is 25.1. The molecule has 0 saturated carbocycles. The van der Waals surface area contributed by atoms with Gasteiger partial charge in [-0.1, -0.05) is 99.1 Å². The number of rotatable bonds is 15. The van der Waals surface area contributed by atoms with Crippen molar-refractivity contribution < 1.29 is 19.1 Å². The molecule has 296 valence electrons. The number of benzene rings is 3. The van der Waals surface area contributed by atoms with E-state index in [-0.39, 0.29) is 11.6 Å². The number of thioether (sulfide) groups is 1. The number of aryl methyl sites for hydroxylation is 3. The van der Waals surface area contributed by atoms with Gasteiger partial charge in [-0.25, -0.2) is 4.79 Å².